The van der Waals surface area contributed by atoms with E-state index < -0.39 is 0 Å². The van der Waals surface area contributed by atoms with Gasteiger partial charge in [0.25, 0.3) is 0 Å². The van der Waals surface area contributed by atoms with Crippen molar-refractivity contribution < 1.29 is 4.79 Å². The molecule has 2 aromatic rings. The van der Waals surface area contributed by atoms with E-state index in [2.05, 4.69) is 37.0 Å². The van der Waals surface area contributed by atoms with Crippen LogP contribution in [-0.4, -0.2) is 58.0 Å². The third-order valence-electron chi connectivity index (χ3n) is 6.60. The van der Waals surface area contributed by atoms with Crippen molar-refractivity contribution in [2.45, 2.75) is 52.1 Å². The Hall–Kier alpha value is -2.54. The highest BCUT2D eigenvalue weighted by Gasteiger charge is 2.32. The lowest BCUT2D eigenvalue weighted by atomic mass is 9.93. The molecule has 2 aliphatic heterocycles. The smallest absolute Gasteiger partial charge is 0.224 e. The van der Waals surface area contributed by atoms with Gasteiger partial charge in [-0.2, -0.15) is 0 Å². The summed E-state index contributed by atoms with van der Waals surface area (Å²) >= 11 is 0. The summed E-state index contributed by atoms with van der Waals surface area (Å²) in [6.07, 6.45) is 9.54. The summed E-state index contributed by atoms with van der Waals surface area (Å²) in [6.45, 7) is 8.69. The van der Waals surface area contributed by atoms with E-state index in [1.54, 1.807) is 12.5 Å². The molecule has 160 valence electrons. The van der Waals surface area contributed by atoms with Crippen LogP contribution in [0.1, 0.15) is 42.5 Å². The predicted octanol–water partition coefficient (Wildman–Crippen LogP) is 2.49. The minimum atomic E-state index is 0.0835. The van der Waals surface area contributed by atoms with Gasteiger partial charge in [0.2, 0.25) is 5.91 Å². The van der Waals surface area contributed by atoms with E-state index in [9.17, 15) is 4.79 Å². The van der Waals surface area contributed by atoms with Crippen molar-refractivity contribution in [1.82, 2.24) is 25.2 Å². The summed E-state index contributed by atoms with van der Waals surface area (Å²) in [5, 5.41) is 3.10. The summed E-state index contributed by atoms with van der Waals surface area (Å²) in [4.78, 5) is 30.6. The van der Waals surface area contributed by atoms with Gasteiger partial charge in [0.15, 0.2) is 0 Å². The Bertz CT molecular complexity index is 850. The molecular weight excluding hydrogens is 376 g/mol. The maximum atomic E-state index is 12.7. The van der Waals surface area contributed by atoms with E-state index in [1.165, 1.54) is 5.56 Å². The first-order valence-electron chi connectivity index (χ1n) is 11.1. The fraction of sp³-hybridized carbons (Fsp3) is 0.565. The normalized spacial score (nSPS) is 20.9. The quantitative estimate of drug-likeness (QED) is 0.819. The number of carbonyl (C=O) groups is 1. The fourth-order valence-corrected chi connectivity index (χ4v) is 4.68. The molecule has 30 heavy (non-hydrogen) atoms. The van der Waals surface area contributed by atoms with Gasteiger partial charge < -0.3 is 10.2 Å². The van der Waals surface area contributed by atoms with E-state index in [4.69, 9.17) is 0 Å². The second-order valence-corrected chi connectivity index (χ2v) is 8.54. The van der Waals surface area contributed by atoms with Crippen molar-refractivity contribution in [2.24, 2.45) is 5.92 Å². The maximum Gasteiger partial charge on any atom is 0.224 e. The van der Waals surface area contributed by atoms with Crippen LogP contribution in [0.4, 0.5) is 5.82 Å². The van der Waals surface area contributed by atoms with Crippen LogP contribution in [-0.2, 0) is 11.3 Å². The molecule has 2 aromatic heterocycles. The number of carbonyl (C=O) groups excluding carboxylic acids is 1. The molecule has 0 unspecified atom stereocenters. The minimum Gasteiger partial charge on any atom is -0.356 e. The highest BCUT2D eigenvalue weighted by molar-refractivity contribution is 5.79. The molecule has 7 heteroatoms. The molecule has 1 atom stereocenters. The Morgan fingerprint density at radius 2 is 2.00 bits per heavy atom. The van der Waals surface area contributed by atoms with Gasteiger partial charge in [0.05, 0.1) is 5.92 Å². The van der Waals surface area contributed by atoms with Crippen LogP contribution in [0.5, 0.6) is 0 Å². The lowest BCUT2D eigenvalue weighted by molar-refractivity contribution is -0.127. The molecule has 0 aromatic carbocycles. The van der Waals surface area contributed by atoms with Gasteiger partial charge in [0.1, 0.15) is 12.1 Å². The van der Waals surface area contributed by atoms with Crippen LogP contribution in [0.3, 0.4) is 0 Å². The number of aromatic nitrogens is 3. The molecule has 2 saturated heterocycles. The topological polar surface area (TPSA) is 74.2 Å². The molecule has 0 spiro atoms. The summed E-state index contributed by atoms with van der Waals surface area (Å²) < 4.78 is 0. The zero-order chi connectivity index (χ0) is 20.9. The van der Waals surface area contributed by atoms with Gasteiger partial charge in [-0.15, -0.1) is 0 Å². The highest BCUT2D eigenvalue weighted by Crippen LogP contribution is 2.27. The third-order valence-corrected chi connectivity index (χ3v) is 6.60. The van der Waals surface area contributed by atoms with E-state index in [0.717, 1.165) is 68.9 Å². The number of nitrogens with zero attached hydrogens (tertiary/aromatic N) is 5. The molecule has 0 radical (unpaired) electrons. The van der Waals surface area contributed by atoms with Crippen molar-refractivity contribution in [2.75, 3.05) is 31.1 Å². The van der Waals surface area contributed by atoms with Crippen LogP contribution in [0.2, 0.25) is 0 Å². The number of hydrogen-bond acceptors (Lipinski definition) is 6. The van der Waals surface area contributed by atoms with Crippen molar-refractivity contribution in [3.05, 3.63) is 47.7 Å². The Balaban J connectivity index is 1.29. The number of amides is 1. The van der Waals surface area contributed by atoms with E-state index in [0.29, 0.717) is 12.6 Å². The fourth-order valence-electron chi connectivity index (χ4n) is 4.68. The van der Waals surface area contributed by atoms with E-state index in [1.807, 2.05) is 25.3 Å². The molecule has 4 rings (SSSR count). The predicted molar refractivity (Wildman–Crippen MR) is 117 cm³/mol. The molecule has 7 nitrogen and oxygen atoms in total. The van der Waals surface area contributed by atoms with Crippen molar-refractivity contribution in [1.29, 1.82) is 0 Å². The SMILES string of the molecule is Cc1ncnc(N2CCC(N3CCC[C@H](C(=O)NCc4cccnc4)C3)CC2)c1C. The zero-order valence-corrected chi connectivity index (χ0v) is 18.0. The summed E-state index contributed by atoms with van der Waals surface area (Å²) in [5.41, 5.74) is 3.28. The third kappa shape index (κ3) is 4.78. The van der Waals surface area contributed by atoms with Crippen LogP contribution >= 0.6 is 0 Å². The molecule has 4 heterocycles. The second-order valence-electron chi connectivity index (χ2n) is 8.54. The Morgan fingerprint density at radius 1 is 1.17 bits per heavy atom. The molecule has 2 aliphatic rings. The van der Waals surface area contributed by atoms with Crippen LogP contribution in [0, 0.1) is 19.8 Å². The number of hydrogen-bond donors (Lipinski definition) is 1. The minimum absolute atomic E-state index is 0.0835. The van der Waals surface area contributed by atoms with Gasteiger partial charge in [-0.25, -0.2) is 9.97 Å². The molecule has 0 aliphatic carbocycles. The largest absolute Gasteiger partial charge is 0.356 e. The van der Waals surface area contributed by atoms with E-state index >= 15 is 0 Å². The highest BCUT2D eigenvalue weighted by atomic mass is 16.1. The average Bonchev–Trinajstić information content (AvgIpc) is 2.80. The van der Waals surface area contributed by atoms with Gasteiger partial charge in [-0.05, 0) is 57.7 Å². The summed E-state index contributed by atoms with van der Waals surface area (Å²) in [5.74, 6) is 1.33. The van der Waals surface area contributed by atoms with Crippen LogP contribution in [0.25, 0.3) is 0 Å². The number of rotatable bonds is 5. The lowest BCUT2D eigenvalue weighted by Crippen LogP contribution is -2.51. The van der Waals surface area contributed by atoms with Crippen LogP contribution in [0.15, 0.2) is 30.9 Å². The van der Waals surface area contributed by atoms with Gasteiger partial charge in [-0.3, -0.25) is 14.7 Å². The van der Waals surface area contributed by atoms with Gasteiger partial charge in [-0.1, -0.05) is 6.07 Å². The van der Waals surface area contributed by atoms with Crippen molar-refractivity contribution in [3.8, 4) is 0 Å². The Kier molecular flexibility index (Phi) is 6.57. The molecule has 1 amide bonds. The molecule has 0 saturated carbocycles. The first kappa shape index (κ1) is 20.7. The molecular formula is C23H32N6O. The molecule has 1 N–H and O–H groups in total. The average molecular weight is 409 g/mol. The van der Waals surface area contributed by atoms with Gasteiger partial charge >= 0.3 is 0 Å². The first-order valence-corrected chi connectivity index (χ1v) is 11.1. The maximum absolute atomic E-state index is 12.7. The number of piperidine rings is 2. The molecule has 0 bridgehead atoms. The van der Waals surface area contributed by atoms with Crippen molar-refractivity contribution in [3.63, 3.8) is 0 Å². The van der Waals surface area contributed by atoms with Crippen LogP contribution < -0.4 is 10.2 Å². The zero-order valence-electron chi connectivity index (χ0n) is 18.0. The number of pyridine rings is 1. The second kappa shape index (κ2) is 9.51. The number of likely N-dealkylation sites (tertiary alicyclic amines) is 1. The van der Waals surface area contributed by atoms with E-state index in [-0.39, 0.29) is 11.8 Å². The van der Waals surface area contributed by atoms with Crippen molar-refractivity contribution >= 4 is 11.7 Å². The number of anilines is 1. The number of nitrogens with one attached hydrogen (secondary N) is 1. The summed E-state index contributed by atoms with van der Waals surface area (Å²) in [7, 11) is 0. The summed E-state index contributed by atoms with van der Waals surface area (Å²) in [6, 6.07) is 4.45. The molecule has 2 fully saturated rings. The lowest BCUT2D eigenvalue weighted by Gasteiger charge is -2.42. The Labute approximate surface area is 178 Å². The number of aryl methyl sites for hydroxylation is 1. The first-order chi connectivity index (χ1) is 14.6. The Morgan fingerprint density at radius 3 is 2.77 bits per heavy atom. The standard InChI is InChI=1S/C23H32N6O/c1-17-18(2)26-16-27-22(17)28-11-7-21(8-12-28)29-10-4-6-20(15-29)23(30)25-14-19-5-3-9-24-13-19/h3,5,9,13,16,20-21H,4,6-8,10-12,14-15H2,1-2H3,(H,25,30)/t20-/m0/s1. The van der Waals surface area contributed by atoms with Gasteiger partial charge in [0, 0.05) is 55.9 Å². The monoisotopic (exact) mass is 408 g/mol.